The van der Waals surface area contributed by atoms with Gasteiger partial charge in [0.15, 0.2) is 5.96 Å². The molecular formula is C15H27N3. The van der Waals surface area contributed by atoms with Gasteiger partial charge in [0.05, 0.1) is 12.1 Å². The third-order valence-corrected chi connectivity index (χ3v) is 5.48. The van der Waals surface area contributed by atoms with Gasteiger partial charge < -0.3 is 10.6 Å². The van der Waals surface area contributed by atoms with Gasteiger partial charge in [0.2, 0.25) is 0 Å². The Morgan fingerprint density at radius 3 is 2.67 bits per heavy atom. The van der Waals surface area contributed by atoms with Crippen molar-refractivity contribution in [3.05, 3.63) is 0 Å². The minimum Gasteiger partial charge on any atom is -0.370 e. The quantitative estimate of drug-likeness (QED) is 0.817. The van der Waals surface area contributed by atoms with Crippen molar-refractivity contribution in [2.75, 3.05) is 13.1 Å². The Bertz CT molecular complexity index is 370. The van der Waals surface area contributed by atoms with Gasteiger partial charge in [0, 0.05) is 6.54 Å². The molecule has 0 aromatic rings. The third kappa shape index (κ3) is 1.92. The maximum atomic E-state index is 6.17. The van der Waals surface area contributed by atoms with Crippen LogP contribution >= 0.6 is 0 Å². The number of rotatable bonds is 2. The average molecular weight is 249 g/mol. The minimum atomic E-state index is 0.252. The van der Waals surface area contributed by atoms with E-state index in [0.29, 0.717) is 11.3 Å². The Hall–Kier alpha value is -0.730. The van der Waals surface area contributed by atoms with E-state index in [2.05, 4.69) is 30.7 Å². The topological polar surface area (TPSA) is 41.6 Å². The normalized spacial score (nSPS) is 39.2. The fourth-order valence-electron chi connectivity index (χ4n) is 4.01. The van der Waals surface area contributed by atoms with Crippen molar-refractivity contribution in [2.24, 2.45) is 28.0 Å². The van der Waals surface area contributed by atoms with Crippen LogP contribution in [0.15, 0.2) is 4.99 Å². The molecule has 2 fully saturated rings. The highest BCUT2D eigenvalue weighted by molar-refractivity contribution is 5.81. The summed E-state index contributed by atoms with van der Waals surface area (Å²) >= 11 is 0. The molecule has 3 aliphatic rings. The fourth-order valence-corrected chi connectivity index (χ4v) is 4.01. The van der Waals surface area contributed by atoms with Crippen LogP contribution in [0.1, 0.15) is 52.9 Å². The zero-order valence-electron chi connectivity index (χ0n) is 12.1. The summed E-state index contributed by atoms with van der Waals surface area (Å²) in [5, 5.41) is 0. The molecule has 0 bridgehead atoms. The smallest absolute Gasteiger partial charge is 0.191 e. The van der Waals surface area contributed by atoms with E-state index in [1.165, 1.54) is 32.1 Å². The number of nitrogens with two attached hydrogens (primary N) is 1. The highest BCUT2D eigenvalue weighted by Gasteiger charge is 2.51. The lowest BCUT2D eigenvalue weighted by atomic mass is 9.63. The van der Waals surface area contributed by atoms with E-state index in [9.17, 15) is 0 Å². The fraction of sp³-hybridized carbons (Fsp3) is 0.933. The minimum absolute atomic E-state index is 0.252. The van der Waals surface area contributed by atoms with E-state index in [4.69, 9.17) is 5.73 Å². The van der Waals surface area contributed by atoms with Gasteiger partial charge in [-0.25, -0.2) is 0 Å². The Labute approximate surface area is 111 Å². The van der Waals surface area contributed by atoms with Crippen molar-refractivity contribution in [3.8, 4) is 0 Å². The van der Waals surface area contributed by atoms with Gasteiger partial charge in [-0.05, 0) is 49.4 Å². The summed E-state index contributed by atoms with van der Waals surface area (Å²) in [6.45, 7) is 9.30. The summed E-state index contributed by atoms with van der Waals surface area (Å²) in [5.41, 5.74) is 6.91. The largest absolute Gasteiger partial charge is 0.370 e. The molecule has 102 valence electrons. The SMILES string of the molecule is CC1CC(C)(C)CCC12CN=C(N)N2CC1CC1. The van der Waals surface area contributed by atoms with Gasteiger partial charge in [-0.1, -0.05) is 20.8 Å². The summed E-state index contributed by atoms with van der Waals surface area (Å²) in [4.78, 5) is 7.07. The van der Waals surface area contributed by atoms with Crippen LogP contribution in [0.4, 0.5) is 0 Å². The van der Waals surface area contributed by atoms with Gasteiger partial charge >= 0.3 is 0 Å². The molecule has 2 saturated carbocycles. The monoisotopic (exact) mass is 249 g/mol. The predicted octanol–water partition coefficient (Wildman–Crippen LogP) is 2.61. The van der Waals surface area contributed by atoms with Crippen LogP contribution in [0.25, 0.3) is 0 Å². The molecule has 1 spiro atoms. The zero-order valence-corrected chi connectivity index (χ0v) is 12.1. The average Bonchev–Trinajstić information content (AvgIpc) is 3.03. The van der Waals surface area contributed by atoms with Gasteiger partial charge in [0.1, 0.15) is 0 Å². The molecule has 2 unspecified atom stereocenters. The number of hydrogen-bond donors (Lipinski definition) is 1. The molecule has 3 rings (SSSR count). The van der Waals surface area contributed by atoms with Gasteiger partial charge in [0.25, 0.3) is 0 Å². The van der Waals surface area contributed by atoms with Crippen LogP contribution in [0.2, 0.25) is 0 Å². The van der Waals surface area contributed by atoms with E-state index in [0.717, 1.165) is 25.0 Å². The first-order chi connectivity index (χ1) is 8.43. The molecule has 2 N–H and O–H groups in total. The molecule has 0 saturated heterocycles. The van der Waals surface area contributed by atoms with Crippen molar-refractivity contribution in [3.63, 3.8) is 0 Å². The number of hydrogen-bond acceptors (Lipinski definition) is 3. The lowest BCUT2D eigenvalue weighted by Gasteiger charge is -2.51. The van der Waals surface area contributed by atoms with Crippen LogP contribution in [0, 0.1) is 17.3 Å². The maximum Gasteiger partial charge on any atom is 0.191 e. The molecule has 0 aromatic carbocycles. The molecule has 2 aliphatic carbocycles. The van der Waals surface area contributed by atoms with E-state index in [-0.39, 0.29) is 5.54 Å². The number of nitrogens with zero attached hydrogens (tertiary/aromatic N) is 2. The van der Waals surface area contributed by atoms with Crippen molar-refractivity contribution in [1.29, 1.82) is 0 Å². The van der Waals surface area contributed by atoms with E-state index < -0.39 is 0 Å². The highest BCUT2D eigenvalue weighted by Crippen LogP contribution is 2.49. The lowest BCUT2D eigenvalue weighted by molar-refractivity contribution is 0.0263. The van der Waals surface area contributed by atoms with Crippen LogP contribution < -0.4 is 5.73 Å². The van der Waals surface area contributed by atoms with Gasteiger partial charge in [-0.2, -0.15) is 0 Å². The molecule has 1 heterocycles. The Morgan fingerprint density at radius 2 is 2.06 bits per heavy atom. The van der Waals surface area contributed by atoms with Gasteiger partial charge in [-0.15, -0.1) is 0 Å². The number of guanidine groups is 1. The molecule has 3 nitrogen and oxygen atoms in total. The zero-order chi connectivity index (χ0) is 13.0. The molecule has 1 aliphatic heterocycles. The molecule has 0 amide bonds. The lowest BCUT2D eigenvalue weighted by Crippen LogP contribution is -2.59. The Morgan fingerprint density at radius 1 is 1.33 bits per heavy atom. The maximum absolute atomic E-state index is 6.17. The first-order valence-electron chi connectivity index (χ1n) is 7.51. The Balaban J connectivity index is 1.80. The van der Waals surface area contributed by atoms with Gasteiger partial charge in [-0.3, -0.25) is 4.99 Å². The summed E-state index contributed by atoms with van der Waals surface area (Å²) in [5.74, 6) is 2.40. The van der Waals surface area contributed by atoms with E-state index in [1.807, 2.05) is 0 Å². The first-order valence-corrected chi connectivity index (χ1v) is 7.51. The second-order valence-corrected chi connectivity index (χ2v) is 7.60. The second kappa shape index (κ2) is 3.88. The third-order valence-electron chi connectivity index (χ3n) is 5.48. The Kier molecular flexibility index (Phi) is 2.65. The summed E-state index contributed by atoms with van der Waals surface area (Å²) in [7, 11) is 0. The van der Waals surface area contributed by atoms with Crippen molar-refractivity contribution in [2.45, 2.75) is 58.4 Å². The van der Waals surface area contributed by atoms with Crippen LogP contribution in [0.5, 0.6) is 0 Å². The molecule has 0 aromatic heterocycles. The molecular weight excluding hydrogens is 222 g/mol. The highest BCUT2D eigenvalue weighted by atomic mass is 15.4. The van der Waals surface area contributed by atoms with Crippen LogP contribution in [0.3, 0.4) is 0 Å². The summed E-state index contributed by atoms with van der Waals surface area (Å²) in [6, 6.07) is 0. The molecule has 0 radical (unpaired) electrons. The van der Waals surface area contributed by atoms with Crippen molar-refractivity contribution >= 4 is 5.96 Å². The molecule has 18 heavy (non-hydrogen) atoms. The summed E-state index contributed by atoms with van der Waals surface area (Å²) in [6.07, 6.45) is 6.65. The van der Waals surface area contributed by atoms with Crippen molar-refractivity contribution in [1.82, 2.24) is 4.90 Å². The van der Waals surface area contributed by atoms with Crippen LogP contribution in [-0.4, -0.2) is 29.5 Å². The molecule has 2 atom stereocenters. The van der Waals surface area contributed by atoms with E-state index >= 15 is 0 Å². The summed E-state index contributed by atoms with van der Waals surface area (Å²) < 4.78 is 0. The van der Waals surface area contributed by atoms with E-state index in [1.54, 1.807) is 0 Å². The molecule has 3 heteroatoms. The number of aliphatic imine (C=N–C) groups is 1. The standard InChI is InChI=1S/C15H27N3/c1-11-8-14(2,3)6-7-15(11)10-17-13(16)18(15)9-12-4-5-12/h11-12H,4-10H2,1-3H3,(H2,16,17). The van der Waals surface area contributed by atoms with Crippen LogP contribution in [-0.2, 0) is 0 Å². The predicted molar refractivity (Wildman–Crippen MR) is 75.4 cm³/mol. The second-order valence-electron chi connectivity index (χ2n) is 7.60. The van der Waals surface area contributed by atoms with Crippen molar-refractivity contribution < 1.29 is 0 Å². The first kappa shape index (κ1) is 12.3.